The average molecular weight is 119 g/mol. The standard InChI is InChI=1S/C2H5NO2.C2H4O/c3-1-2(4)5;1-2-3/h1,3H2,(H,4,5);2H,1H3. The van der Waals surface area contributed by atoms with E-state index in [-0.39, 0.29) is 6.54 Å². The molecule has 0 rings (SSSR count). The fourth-order valence-corrected chi connectivity index (χ4v) is 0. The number of rotatable bonds is 1. The third kappa shape index (κ3) is 70.9. The van der Waals surface area contributed by atoms with Crippen molar-refractivity contribution in [1.29, 1.82) is 0 Å². The molecular weight excluding hydrogens is 110 g/mol. The Kier molecular flexibility index (Phi) is 12.0. The second kappa shape index (κ2) is 9.44. The number of carbonyl (C=O) groups is 2. The Morgan fingerprint density at radius 1 is 1.88 bits per heavy atom. The highest BCUT2D eigenvalue weighted by Crippen LogP contribution is 1.43. The summed E-state index contributed by atoms with van der Waals surface area (Å²) in [7, 11) is 0. The highest BCUT2D eigenvalue weighted by atomic mass is 16.4. The summed E-state index contributed by atoms with van der Waals surface area (Å²) in [5, 5.41) is 7.60. The number of aldehydes is 1. The van der Waals surface area contributed by atoms with Gasteiger partial charge in [0.2, 0.25) is 0 Å². The third-order valence-corrected chi connectivity index (χ3v) is 0.175. The van der Waals surface area contributed by atoms with Crippen LogP contribution in [0.3, 0.4) is 0 Å². The van der Waals surface area contributed by atoms with Gasteiger partial charge in [-0.2, -0.15) is 0 Å². The minimum absolute atomic E-state index is 0.278. The van der Waals surface area contributed by atoms with E-state index in [1.807, 2.05) is 0 Å². The summed E-state index contributed by atoms with van der Waals surface area (Å²) in [5.41, 5.74) is 4.57. The zero-order valence-corrected chi connectivity index (χ0v) is 4.63. The Morgan fingerprint density at radius 2 is 2.00 bits per heavy atom. The van der Waals surface area contributed by atoms with E-state index in [2.05, 4.69) is 5.73 Å². The Balaban J connectivity index is 0. The molecule has 0 aliphatic heterocycles. The topological polar surface area (TPSA) is 80.4 Å². The summed E-state index contributed by atoms with van der Waals surface area (Å²) in [4.78, 5) is 18.0. The summed E-state index contributed by atoms with van der Waals surface area (Å²) in [6.07, 6.45) is 0.750. The first-order valence-electron chi connectivity index (χ1n) is 2.00. The lowest BCUT2D eigenvalue weighted by Gasteiger charge is -1.73. The Hall–Kier alpha value is -0.900. The number of carboxylic acids is 1. The minimum Gasteiger partial charge on any atom is -0.480 e. The van der Waals surface area contributed by atoms with Crippen LogP contribution in [0.25, 0.3) is 0 Å². The maximum atomic E-state index is 9.24. The van der Waals surface area contributed by atoms with Gasteiger partial charge in [-0.05, 0) is 6.92 Å². The van der Waals surface area contributed by atoms with Gasteiger partial charge < -0.3 is 15.6 Å². The lowest BCUT2D eigenvalue weighted by atomic mass is 10.7. The SMILES string of the molecule is CC=O.NCC(=O)O. The van der Waals surface area contributed by atoms with Crippen molar-refractivity contribution >= 4 is 12.3 Å². The molecule has 0 amide bonds. The molecule has 3 N–H and O–H groups in total. The van der Waals surface area contributed by atoms with Crippen molar-refractivity contribution in [1.82, 2.24) is 0 Å². The summed E-state index contributed by atoms with van der Waals surface area (Å²) in [5.74, 6) is -0.968. The number of nitrogens with two attached hydrogens (primary N) is 1. The lowest BCUT2D eigenvalue weighted by molar-refractivity contribution is -0.135. The van der Waals surface area contributed by atoms with Crippen LogP contribution in [-0.4, -0.2) is 23.9 Å². The van der Waals surface area contributed by atoms with E-state index in [0.717, 1.165) is 6.29 Å². The molecule has 48 valence electrons. The molecule has 0 bridgehead atoms. The van der Waals surface area contributed by atoms with Crippen LogP contribution >= 0.6 is 0 Å². The summed E-state index contributed by atoms with van der Waals surface area (Å²) in [6.45, 7) is 1.17. The summed E-state index contributed by atoms with van der Waals surface area (Å²) >= 11 is 0. The number of hydrogen-bond acceptors (Lipinski definition) is 3. The van der Waals surface area contributed by atoms with E-state index < -0.39 is 5.97 Å². The average Bonchev–Trinajstić information content (AvgIpc) is 1.69. The van der Waals surface area contributed by atoms with Gasteiger partial charge in [0.1, 0.15) is 6.29 Å². The maximum absolute atomic E-state index is 9.24. The zero-order chi connectivity index (χ0) is 6.99. The molecule has 0 radical (unpaired) electrons. The molecule has 0 saturated carbocycles. The van der Waals surface area contributed by atoms with Gasteiger partial charge in [-0.1, -0.05) is 0 Å². The van der Waals surface area contributed by atoms with Crippen molar-refractivity contribution in [2.45, 2.75) is 6.92 Å². The number of carbonyl (C=O) groups excluding carboxylic acids is 1. The predicted molar refractivity (Wildman–Crippen MR) is 28.4 cm³/mol. The monoisotopic (exact) mass is 119 g/mol. The van der Waals surface area contributed by atoms with Crippen LogP contribution in [0.15, 0.2) is 0 Å². The molecule has 0 saturated heterocycles. The smallest absolute Gasteiger partial charge is 0.317 e. The first kappa shape index (κ1) is 10.2. The summed E-state index contributed by atoms with van der Waals surface area (Å²) in [6, 6.07) is 0. The Bertz CT molecular complexity index is 71.7. The second-order valence-electron chi connectivity index (χ2n) is 0.834. The van der Waals surface area contributed by atoms with Gasteiger partial charge >= 0.3 is 5.97 Å². The van der Waals surface area contributed by atoms with Gasteiger partial charge in [-0.25, -0.2) is 0 Å². The van der Waals surface area contributed by atoms with Crippen LogP contribution in [0, 0.1) is 0 Å². The third-order valence-electron chi connectivity index (χ3n) is 0.175. The van der Waals surface area contributed by atoms with Crippen molar-refractivity contribution in [3.05, 3.63) is 0 Å². The molecule has 0 unspecified atom stereocenters. The highest BCUT2D eigenvalue weighted by Gasteiger charge is 1.81. The van der Waals surface area contributed by atoms with E-state index in [0.29, 0.717) is 0 Å². The predicted octanol–water partition coefficient (Wildman–Crippen LogP) is -0.765. The van der Waals surface area contributed by atoms with Gasteiger partial charge in [0.25, 0.3) is 0 Å². The van der Waals surface area contributed by atoms with Crippen molar-refractivity contribution in [2.75, 3.05) is 6.54 Å². The van der Waals surface area contributed by atoms with Crippen LogP contribution in [-0.2, 0) is 9.59 Å². The molecule has 4 heteroatoms. The van der Waals surface area contributed by atoms with E-state index in [1.54, 1.807) is 0 Å². The Morgan fingerprint density at radius 3 is 2.00 bits per heavy atom. The molecule has 0 aromatic carbocycles. The van der Waals surface area contributed by atoms with Crippen molar-refractivity contribution in [3.63, 3.8) is 0 Å². The first-order valence-corrected chi connectivity index (χ1v) is 2.00. The molecule has 0 aliphatic carbocycles. The van der Waals surface area contributed by atoms with E-state index in [9.17, 15) is 4.79 Å². The van der Waals surface area contributed by atoms with Crippen LogP contribution in [0.5, 0.6) is 0 Å². The highest BCUT2D eigenvalue weighted by molar-refractivity contribution is 5.68. The molecule has 0 aromatic rings. The van der Waals surface area contributed by atoms with Crippen molar-refractivity contribution in [3.8, 4) is 0 Å². The van der Waals surface area contributed by atoms with Crippen LogP contribution in [0.2, 0.25) is 0 Å². The fraction of sp³-hybridized carbons (Fsp3) is 0.500. The second-order valence-corrected chi connectivity index (χ2v) is 0.834. The van der Waals surface area contributed by atoms with Gasteiger partial charge in [-0.3, -0.25) is 4.79 Å². The van der Waals surface area contributed by atoms with Crippen molar-refractivity contribution in [2.24, 2.45) is 5.73 Å². The van der Waals surface area contributed by atoms with Gasteiger partial charge in [0.15, 0.2) is 0 Å². The molecule has 8 heavy (non-hydrogen) atoms. The normalized spacial score (nSPS) is 6.25. The number of hydrogen-bond donors (Lipinski definition) is 2. The molecule has 4 nitrogen and oxygen atoms in total. The number of aliphatic carboxylic acids is 1. The molecule has 0 spiro atoms. The first-order chi connectivity index (χ1) is 3.68. The van der Waals surface area contributed by atoms with Gasteiger partial charge in [-0.15, -0.1) is 0 Å². The largest absolute Gasteiger partial charge is 0.480 e. The quantitative estimate of drug-likeness (QED) is 0.444. The van der Waals surface area contributed by atoms with E-state index in [1.165, 1.54) is 6.92 Å². The zero-order valence-electron chi connectivity index (χ0n) is 4.63. The minimum atomic E-state index is -0.968. The van der Waals surface area contributed by atoms with Gasteiger partial charge in [0, 0.05) is 0 Å². The van der Waals surface area contributed by atoms with Crippen molar-refractivity contribution < 1.29 is 14.7 Å². The molecule has 0 atom stereocenters. The lowest BCUT2D eigenvalue weighted by Crippen LogP contribution is -2.10. The van der Waals surface area contributed by atoms with Crippen LogP contribution in [0.1, 0.15) is 6.92 Å². The maximum Gasteiger partial charge on any atom is 0.317 e. The molecular formula is C4H9NO3. The van der Waals surface area contributed by atoms with Crippen LogP contribution in [0.4, 0.5) is 0 Å². The number of carboxylic acid groups (broad SMARTS) is 1. The van der Waals surface area contributed by atoms with Gasteiger partial charge in [0.05, 0.1) is 6.54 Å². The van der Waals surface area contributed by atoms with Crippen LogP contribution < -0.4 is 5.73 Å². The fourth-order valence-electron chi connectivity index (χ4n) is 0. The molecule has 0 aliphatic rings. The Labute approximate surface area is 47.3 Å². The van der Waals surface area contributed by atoms with E-state index in [4.69, 9.17) is 9.90 Å². The molecule has 0 fully saturated rings. The summed E-state index contributed by atoms with van der Waals surface area (Å²) < 4.78 is 0. The van der Waals surface area contributed by atoms with E-state index >= 15 is 0 Å². The molecule has 0 aromatic heterocycles. The molecule has 0 heterocycles.